The molecule has 0 saturated carbocycles. The highest BCUT2D eigenvalue weighted by Gasteiger charge is 2.23. The lowest BCUT2D eigenvalue weighted by Gasteiger charge is -2.13. The van der Waals surface area contributed by atoms with Crippen LogP contribution in [0.3, 0.4) is 0 Å². The first-order valence-corrected chi connectivity index (χ1v) is 8.12. The molecule has 0 saturated heterocycles. The molecule has 1 aromatic carbocycles. The number of aryl methyl sites for hydroxylation is 2. The van der Waals surface area contributed by atoms with Gasteiger partial charge in [-0.2, -0.15) is 0 Å². The van der Waals surface area contributed by atoms with E-state index in [1.165, 1.54) is 16.7 Å². The van der Waals surface area contributed by atoms with Crippen molar-refractivity contribution in [2.24, 2.45) is 5.92 Å². The van der Waals surface area contributed by atoms with Crippen LogP contribution >= 0.6 is 11.3 Å². The van der Waals surface area contributed by atoms with Crippen LogP contribution in [0.1, 0.15) is 48.0 Å². The van der Waals surface area contributed by atoms with Crippen molar-refractivity contribution >= 4 is 16.5 Å². The molecule has 0 bridgehead atoms. The maximum absolute atomic E-state index is 4.29. The average Bonchev–Trinajstić information content (AvgIpc) is 2.97. The molecule has 106 valence electrons. The van der Waals surface area contributed by atoms with E-state index in [1.807, 2.05) is 0 Å². The zero-order valence-corrected chi connectivity index (χ0v) is 13.1. The van der Waals surface area contributed by atoms with E-state index in [0.29, 0.717) is 12.0 Å². The maximum atomic E-state index is 4.29. The summed E-state index contributed by atoms with van der Waals surface area (Å²) in [5.74, 6) is 0.630. The van der Waals surface area contributed by atoms with Gasteiger partial charge in [-0.1, -0.05) is 48.9 Å². The number of benzene rings is 1. The third kappa shape index (κ3) is 2.85. The first-order chi connectivity index (χ1) is 9.61. The molecule has 1 heterocycles. The molecular formula is C16H21N3S. The highest BCUT2D eigenvalue weighted by Crippen LogP contribution is 2.35. The molecule has 1 atom stereocenters. The van der Waals surface area contributed by atoms with Crippen molar-refractivity contribution < 1.29 is 0 Å². The maximum Gasteiger partial charge on any atom is 0.206 e. The Morgan fingerprint density at radius 3 is 3.00 bits per heavy atom. The van der Waals surface area contributed by atoms with E-state index in [9.17, 15) is 0 Å². The van der Waals surface area contributed by atoms with Gasteiger partial charge in [0.2, 0.25) is 5.13 Å². The third-order valence-corrected chi connectivity index (χ3v) is 4.60. The molecule has 1 N–H and O–H groups in total. The molecule has 0 fully saturated rings. The first kappa shape index (κ1) is 13.6. The number of anilines is 1. The molecule has 20 heavy (non-hydrogen) atoms. The average molecular weight is 287 g/mol. The molecule has 0 spiro atoms. The van der Waals surface area contributed by atoms with E-state index in [1.54, 1.807) is 11.3 Å². The van der Waals surface area contributed by atoms with Crippen LogP contribution in [0.15, 0.2) is 18.2 Å². The number of hydrogen-bond donors (Lipinski definition) is 1. The fourth-order valence-corrected chi connectivity index (χ4v) is 3.77. The van der Waals surface area contributed by atoms with Gasteiger partial charge in [-0.15, -0.1) is 10.2 Å². The van der Waals surface area contributed by atoms with E-state index >= 15 is 0 Å². The molecule has 1 aromatic heterocycles. The van der Waals surface area contributed by atoms with Crippen LogP contribution in [0, 0.1) is 12.8 Å². The summed E-state index contributed by atoms with van der Waals surface area (Å²) in [4.78, 5) is 0. The smallest absolute Gasteiger partial charge is 0.206 e. The van der Waals surface area contributed by atoms with Crippen molar-refractivity contribution in [3.05, 3.63) is 39.9 Å². The quantitative estimate of drug-likeness (QED) is 0.918. The summed E-state index contributed by atoms with van der Waals surface area (Å²) in [5.41, 5.74) is 4.24. The molecule has 0 radical (unpaired) electrons. The number of hydrogen-bond acceptors (Lipinski definition) is 4. The molecule has 3 nitrogen and oxygen atoms in total. The topological polar surface area (TPSA) is 37.8 Å². The Hall–Kier alpha value is -1.42. The van der Waals surface area contributed by atoms with Gasteiger partial charge in [-0.25, -0.2) is 0 Å². The van der Waals surface area contributed by atoms with Gasteiger partial charge in [0, 0.05) is 6.42 Å². The lowest BCUT2D eigenvalue weighted by atomic mass is 10.1. The summed E-state index contributed by atoms with van der Waals surface area (Å²) >= 11 is 1.69. The minimum atomic E-state index is 0.393. The van der Waals surface area contributed by atoms with Crippen molar-refractivity contribution in [3.63, 3.8) is 0 Å². The van der Waals surface area contributed by atoms with Crippen molar-refractivity contribution in [2.75, 3.05) is 5.32 Å². The molecule has 0 aliphatic heterocycles. The standard InChI is InChI=1S/C16H21N3S/c1-10(2)8-15-18-19-16(20-15)17-14-7-6-12-5-4-11(3)9-13(12)14/h4-5,9-10,14H,6-8H2,1-3H3,(H,17,19). The molecular weight excluding hydrogens is 266 g/mol. The van der Waals surface area contributed by atoms with Gasteiger partial charge in [-0.3, -0.25) is 0 Å². The van der Waals surface area contributed by atoms with Crippen LogP contribution < -0.4 is 5.32 Å². The number of aromatic nitrogens is 2. The van der Waals surface area contributed by atoms with E-state index in [-0.39, 0.29) is 0 Å². The van der Waals surface area contributed by atoms with Crippen molar-refractivity contribution in [1.29, 1.82) is 0 Å². The highest BCUT2D eigenvalue weighted by atomic mass is 32.1. The SMILES string of the molecule is Cc1ccc2c(c1)C(Nc1nnc(CC(C)C)s1)CC2. The lowest BCUT2D eigenvalue weighted by molar-refractivity contribution is 0.639. The summed E-state index contributed by atoms with van der Waals surface area (Å²) < 4.78 is 0. The van der Waals surface area contributed by atoms with Gasteiger partial charge in [0.05, 0.1) is 6.04 Å². The fraction of sp³-hybridized carbons (Fsp3) is 0.500. The predicted octanol–water partition coefficient (Wildman–Crippen LogP) is 4.14. The normalized spacial score (nSPS) is 17.5. The van der Waals surface area contributed by atoms with Gasteiger partial charge in [0.25, 0.3) is 0 Å². The number of fused-ring (bicyclic) bond motifs is 1. The van der Waals surface area contributed by atoms with Crippen molar-refractivity contribution in [2.45, 2.75) is 46.1 Å². The van der Waals surface area contributed by atoms with Gasteiger partial charge in [0.15, 0.2) is 0 Å². The van der Waals surface area contributed by atoms with Gasteiger partial charge in [0.1, 0.15) is 5.01 Å². The second-order valence-corrected chi connectivity index (χ2v) is 7.10. The van der Waals surface area contributed by atoms with E-state index in [0.717, 1.165) is 29.4 Å². The molecule has 1 aliphatic carbocycles. The predicted molar refractivity (Wildman–Crippen MR) is 84.3 cm³/mol. The summed E-state index contributed by atoms with van der Waals surface area (Å²) in [6.07, 6.45) is 3.32. The molecule has 1 unspecified atom stereocenters. The Balaban J connectivity index is 1.74. The van der Waals surface area contributed by atoms with E-state index in [2.05, 4.69) is 54.5 Å². The number of nitrogens with zero attached hydrogens (tertiary/aromatic N) is 2. The number of rotatable bonds is 4. The molecule has 2 aromatic rings. The second-order valence-electron chi connectivity index (χ2n) is 6.04. The fourth-order valence-electron chi connectivity index (χ4n) is 2.76. The van der Waals surface area contributed by atoms with Crippen molar-refractivity contribution in [1.82, 2.24) is 10.2 Å². The van der Waals surface area contributed by atoms with Crippen LogP contribution in [0.4, 0.5) is 5.13 Å². The summed E-state index contributed by atoms with van der Waals surface area (Å²) in [6, 6.07) is 7.16. The summed E-state index contributed by atoms with van der Waals surface area (Å²) in [5, 5.41) is 14.2. The zero-order valence-electron chi connectivity index (χ0n) is 12.3. The van der Waals surface area contributed by atoms with Crippen LogP contribution in [0.5, 0.6) is 0 Å². The Labute approximate surface area is 124 Å². The summed E-state index contributed by atoms with van der Waals surface area (Å²) in [6.45, 7) is 6.58. The van der Waals surface area contributed by atoms with Gasteiger partial charge in [-0.05, 0) is 36.8 Å². The Kier molecular flexibility index (Phi) is 3.74. The monoisotopic (exact) mass is 287 g/mol. The molecule has 0 amide bonds. The Morgan fingerprint density at radius 2 is 2.20 bits per heavy atom. The third-order valence-electron chi connectivity index (χ3n) is 3.73. The second kappa shape index (κ2) is 5.52. The lowest BCUT2D eigenvalue weighted by Crippen LogP contribution is -2.06. The molecule has 1 aliphatic rings. The van der Waals surface area contributed by atoms with Crippen LogP contribution in [0.25, 0.3) is 0 Å². The summed E-state index contributed by atoms with van der Waals surface area (Å²) in [7, 11) is 0. The largest absolute Gasteiger partial charge is 0.353 e. The molecule has 3 rings (SSSR count). The Bertz CT molecular complexity index is 604. The Morgan fingerprint density at radius 1 is 1.35 bits per heavy atom. The van der Waals surface area contributed by atoms with Crippen LogP contribution in [-0.2, 0) is 12.8 Å². The van der Waals surface area contributed by atoms with Crippen LogP contribution in [-0.4, -0.2) is 10.2 Å². The molecule has 4 heteroatoms. The van der Waals surface area contributed by atoms with Crippen LogP contribution in [0.2, 0.25) is 0 Å². The minimum absolute atomic E-state index is 0.393. The zero-order chi connectivity index (χ0) is 14.1. The highest BCUT2D eigenvalue weighted by molar-refractivity contribution is 7.15. The minimum Gasteiger partial charge on any atom is -0.353 e. The first-order valence-electron chi connectivity index (χ1n) is 7.30. The van der Waals surface area contributed by atoms with Gasteiger partial charge >= 0.3 is 0 Å². The van der Waals surface area contributed by atoms with Gasteiger partial charge < -0.3 is 5.32 Å². The van der Waals surface area contributed by atoms with E-state index < -0.39 is 0 Å². The van der Waals surface area contributed by atoms with Crippen molar-refractivity contribution in [3.8, 4) is 0 Å². The number of nitrogens with one attached hydrogen (secondary N) is 1. The van der Waals surface area contributed by atoms with E-state index in [4.69, 9.17) is 0 Å².